The van der Waals surface area contributed by atoms with Crippen LogP contribution in [0.15, 0.2) is 48.5 Å². The van der Waals surface area contributed by atoms with Gasteiger partial charge in [0.1, 0.15) is 18.6 Å². The van der Waals surface area contributed by atoms with Crippen LogP contribution in [0.5, 0.6) is 0 Å². The molecule has 10 heteroatoms. The molecule has 3 atom stereocenters. The summed E-state index contributed by atoms with van der Waals surface area (Å²) in [4.78, 5) is 35.3. The van der Waals surface area contributed by atoms with Crippen LogP contribution in [0, 0.1) is 11.8 Å². The monoisotopic (exact) mass is 488 g/mol. The molecule has 2 amide bonds. The lowest BCUT2D eigenvalue weighted by atomic mass is 9.98. The quantitative estimate of drug-likeness (QED) is 0.474. The Labute approximate surface area is 200 Å². The van der Waals surface area contributed by atoms with E-state index in [-0.39, 0.29) is 25.5 Å². The maximum atomic E-state index is 13.5. The second-order valence-corrected chi connectivity index (χ2v) is 8.61. The number of fused-ring (bicyclic) bond motifs is 3. The summed E-state index contributed by atoms with van der Waals surface area (Å²) in [5, 5.41) is 13.7. The lowest BCUT2D eigenvalue weighted by Gasteiger charge is -2.17. The summed E-state index contributed by atoms with van der Waals surface area (Å²) in [7, 11) is 1.28. The van der Waals surface area contributed by atoms with E-state index < -0.39 is 48.4 Å². The highest BCUT2D eigenvalue weighted by Gasteiger charge is 2.72. The van der Waals surface area contributed by atoms with E-state index >= 15 is 0 Å². The zero-order valence-corrected chi connectivity index (χ0v) is 19.0. The van der Waals surface area contributed by atoms with E-state index in [0.717, 1.165) is 22.3 Å². The number of carbonyl (C=O) groups is 3. The van der Waals surface area contributed by atoms with E-state index in [0.29, 0.717) is 0 Å². The Balaban J connectivity index is 1.22. The molecule has 2 aromatic rings. The molecule has 2 aromatic carbocycles. The second kappa shape index (κ2) is 9.99. The van der Waals surface area contributed by atoms with Gasteiger partial charge in [0, 0.05) is 32.5 Å². The van der Waals surface area contributed by atoms with Crippen LogP contribution >= 0.6 is 0 Å². The Morgan fingerprint density at radius 3 is 2.17 bits per heavy atom. The molecule has 8 nitrogen and oxygen atoms in total. The number of rotatable bonds is 10. The number of nitrogens with one attached hydrogen (secondary N) is 2. The van der Waals surface area contributed by atoms with E-state index in [4.69, 9.17) is 14.6 Å². The first-order valence-corrected chi connectivity index (χ1v) is 11.3. The first-order chi connectivity index (χ1) is 16.8. The molecule has 2 aliphatic rings. The fourth-order valence-electron chi connectivity index (χ4n) is 4.62. The molecule has 0 saturated heterocycles. The van der Waals surface area contributed by atoms with Crippen molar-refractivity contribution < 1.29 is 37.7 Å². The predicted molar refractivity (Wildman–Crippen MR) is 121 cm³/mol. The van der Waals surface area contributed by atoms with Crippen molar-refractivity contribution in [2.24, 2.45) is 11.8 Å². The van der Waals surface area contributed by atoms with Crippen LogP contribution in [0.3, 0.4) is 0 Å². The Hall–Kier alpha value is -3.53. The number of alkyl halides is 2. The number of carboxylic acid groups (broad SMARTS) is 1. The number of hydrogen-bond acceptors (Lipinski definition) is 5. The minimum absolute atomic E-state index is 0.0555. The Kier molecular flexibility index (Phi) is 7.02. The number of halogens is 2. The molecule has 0 heterocycles. The summed E-state index contributed by atoms with van der Waals surface area (Å²) in [5.74, 6) is -8.91. The van der Waals surface area contributed by atoms with Crippen LogP contribution in [-0.4, -0.2) is 61.9 Å². The normalized spacial score (nSPS) is 20.3. The number of hydrogen-bond donors (Lipinski definition) is 3. The molecule has 35 heavy (non-hydrogen) atoms. The van der Waals surface area contributed by atoms with E-state index in [2.05, 4.69) is 10.6 Å². The van der Waals surface area contributed by atoms with Gasteiger partial charge in [-0.3, -0.25) is 9.59 Å². The van der Waals surface area contributed by atoms with Gasteiger partial charge in [-0.05, 0) is 22.3 Å². The number of carbonyl (C=O) groups excluding carboxylic acids is 2. The van der Waals surface area contributed by atoms with Crippen molar-refractivity contribution in [1.82, 2.24) is 10.6 Å². The van der Waals surface area contributed by atoms with Gasteiger partial charge in [0.25, 0.3) is 5.92 Å². The third-order valence-electron chi connectivity index (χ3n) is 6.56. The van der Waals surface area contributed by atoms with E-state index in [1.54, 1.807) is 0 Å². The molecule has 186 valence electrons. The summed E-state index contributed by atoms with van der Waals surface area (Å²) in [5.41, 5.74) is 4.40. The van der Waals surface area contributed by atoms with Crippen LogP contribution in [0.2, 0.25) is 0 Å². The fourth-order valence-corrected chi connectivity index (χ4v) is 4.62. The molecule has 1 fully saturated rings. The summed E-state index contributed by atoms with van der Waals surface area (Å²) in [6.07, 6.45) is -1.57. The van der Waals surface area contributed by atoms with Gasteiger partial charge in [0.05, 0.1) is 5.92 Å². The minimum Gasteiger partial charge on any atom is -0.481 e. The van der Waals surface area contributed by atoms with Gasteiger partial charge in [-0.15, -0.1) is 0 Å². The van der Waals surface area contributed by atoms with Crippen LogP contribution < -0.4 is 10.6 Å². The summed E-state index contributed by atoms with van der Waals surface area (Å²) < 4.78 is 37.4. The third-order valence-corrected chi connectivity index (χ3v) is 6.56. The molecule has 0 bridgehead atoms. The number of amides is 2. The molecular weight excluding hydrogens is 462 g/mol. The molecule has 1 unspecified atom stereocenters. The van der Waals surface area contributed by atoms with Crippen molar-refractivity contribution in [2.75, 3.05) is 26.8 Å². The highest BCUT2D eigenvalue weighted by Crippen LogP contribution is 2.54. The molecule has 3 N–H and O–H groups in total. The highest BCUT2D eigenvalue weighted by molar-refractivity contribution is 5.82. The Morgan fingerprint density at radius 2 is 1.63 bits per heavy atom. The van der Waals surface area contributed by atoms with Gasteiger partial charge in [0.15, 0.2) is 0 Å². The molecule has 2 aliphatic carbocycles. The maximum absolute atomic E-state index is 13.5. The van der Waals surface area contributed by atoms with Crippen LogP contribution in [0.4, 0.5) is 13.6 Å². The SMILES string of the molecule is COC(CCNC(=O)OCC1c2ccccc2-c2ccccc21)C(=O)NC[C@@H]1[C@H](C(=O)O)C1(F)F. The standard InChI is InChI=1S/C25H26F2N2O6/c1-34-20(22(30)29-12-19-21(23(31)32)25(19,26)27)10-11-28-24(33)35-13-18-16-8-4-2-6-14(16)15-7-3-5-9-17(15)18/h2-9,18-21H,10-13H2,1H3,(H,28,33)(H,29,30)(H,31,32)/t19-,20?,21-/m1/s1. The van der Waals surface area contributed by atoms with Crippen LogP contribution in [0.1, 0.15) is 23.5 Å². The van der Waals surface area contributed by atoms with Crippen molar-refractivity contribution >= 4 is 18.0 Å². The number of methoxy groups -OCH3 is 1. The number of aliphatic carboxylic acids is 1. The van der Waals surface area contributed by atoms with Crippen LogP contribution in [0.25, 0.3) is 11.1 Å². The van der Waals surface area contributed by atoms with Crippen molar-refractivity contribution in [3.05, 3.63) is 59.7 Å². The lowest BCUT2D eigenvalue weighted by Crippen LogP contribution is -2.40. The molecule has 0 spiro atoms. The first kappa shape index (κ1) is 24.6. The Morgan fingerprint density at radius 1 is 1.03 bits per heavy atom. The average molecular weight is 488 g/mol. The smallest absolute Gasteiger partial charge is 0.407 e. The third kappa shape index (κ3) is 4.97. The van der Waals surface area contributed by atoms with Gasteiger partial charge in [-0.25, -0.2) is 13.6 Å². The molecule has 0 aromatic heterocycles. The molecule has 1 saturated carbocycles. The Bertz CT molecular complexity index is 1080. The fraction of sp³-hybridized carbons (Fsp3) is 0.400. The van der Waals surface area contributed by atoms with Crippen molar-refractivity contribution in [1.29, 1.82) is 0 Å². The van der Waals surface area contributed by atoms with Gasteiger partial charge in [-0.1, -0.05) is 48.5 Å². The van der Waals surface area contributed by atoms with E-state index in [1.165, 1.54) is 7.11 Å². The summed E-state index contributed by atoms with van der Waals surface area (Å²) in [6.45, 7) is -0.267. The number of benzene rings is 2. The number of carboxylic acids is 1. The summed E-state index contributed by atoms with van der Waals surface area (Å²) >= 11 is 0. The zero-order chi connectivity index (χ0) is 25.2. The van der Waals surface area contributed by atoms with Gasteiger partial charge in [0.2, 0.25) is 5.91 Å². The zero-order valence-electron chi connectivity index (χ0n) is 19.0. The molecule has 0 radical (unpaired) electrons. The number of ether oxygens (including phenoxy) is 2. The highest BCUT2D eigenvalue weighted by atomic mass is 19.3. The van der Waals surface area contributed by atoms with Crippen molar-refractivity contribution in [3.63, 3.8) is 0 Å². The molecular formula is C25H26F2N2O6. The topological polar surface area (TPSA) is 114 Å². The average Bonchev–Trinajstić information content (AvgIpc) is 3.26. The minimum atomic E-state index is -3.34. The van der Waals surface area contributed by atoms with E-state index in [9.17, 15) is 23.2 Å². The van der Waals surface area contributed by atoms with Gasteiger partial charge in [-0.2, -0.15) is 0 Å². The predicted octanol–water partition coefficient (Wildman–Crippen LogP) is 3.01. The van der Waals surface area contributed by atoms with Gasteiger partial charge < -0.3 is 25.2 Å². The van der Waals surface area contributed by atoms with Crippen molar-refractivity contribution in [3.8, 4) is 11.1 Å². The van der Waals surface area contributed by atoms with Crippen molar-refractivity contribution in [2.45, 2.75) is 24.4 Å². The van der Waals surface area contributed by atoms with Crippen LogP contribution in [-0.2, 0) is 19.1 Å². The lowest BCUT2D eigenvalue weighted by molar-refractivity contribution is -0.141. The second-order valence-electron chi connectivity index (χ2n) is 8.61. The summed E-state index contributed by atoms with van der Waals surface area (Å²) in [6, 6.07) is 15.9. The maximum Gasteiger partial charge on any atom is 0.407 e. The first-order valence-electron chi connectivity index (χ1n) is 11.3. The molecule has 0 aliphatic heterocycles. The largest absolute Gasteiger partial charge is 0.481 e. The molecule has 4 rings (SSSR count). The van der Waals surface area contributed by atoms with E-state index in [1.807, 2.05) is 48.5 Å². The van der Waals surface area contributed by atoms with Gasteiger partial charge >= 0.3 is 12.1 Å². The number of alkyl carbamates (subject to hydrolysis) is 1.